The van der Waals surface area contributed by atoms with E-state index in [2.05, 4.69) is 194 Å². The summed E-state index contributed by atoms with van der Waals surface area (Å²) in [6.45, 7) is 0. The molecule has 6 aromatic rings. The second kappa shape index (κ2) is 12.1. The minimum absolute atomic E-state index is 1.12. The maximum atomic E-state index is 3.81. The molecule has 0 spiro atoms. The van der Waals surface area contributed by atoms with Crippen molar-refractivity contribution in [2.45, 2.75) is 0 Å². The van der Waals surface area contributed by atoms with Gasteiger partial charge in [-0.2, -0.15) is 0 Å². The predicted molar refractivity (Wildman–Crippen MR) is 191 cm³/mol. The highest BCUT2D eigenvalue weighted by atomic mass is 127. The van der Waals surface area contributed by atoms with Gasteiger partial charge in [0, 0.05) is 55.3 Å². The molecule has 2 heterocycles. The third kappa shape index (κ3) is 6.16. The van der Waals surface area contributed by atoms with Crippen LogP contribution in [0.5, 0.6) is 0 Å². The summed E-state index contributed by atoms with van der Waals surface area (Å²) < 4.78 is 9.65. The van der Waals surface area contributed by atoms with Gasteiger partial charge in [-0.05, 0) is 136 Å². The molecule has 0 saturated carbocycles. The van der Waals surface area contributed by atoms with Crippen LogP contribution in [0.4, 0.5) is 0 Å². The molecule has 0 amide bonds. The lowest BCUT2D eigenvalue weighted by Crippen LogP contribution is -1.81. The molecule has 0 fully saturated rings. The van der Waals surface area contributed by atoms with Crippen molar-refractivity contribution in [2.24, 2.45) is 0 Å². The van der Waals surface area contributed by atoms with Crippen molar-refractivity contribution in [3.05, 3.63) is 110 Å². The first-order valence-electron chi connectivity index (χ1n) is 10.6. The normalized spacial score (nSPS) is 11.1. The Labute approximate surface area is 278 Å². The molecule has 0 aliphatic heterocycles. The van der Waals surface area contributed by atoms with E-state index < -0.39 is 0 Å². The van der Waals surface area contributed by atoms with Gasteiger partial charge in [0.15, 0.2) is 0 Å². The van der Waals surface area contributed by atoms with Crippen molar-refractivity contribution in [1.29, 1.82) is 0 Å². The molecule has 4 aromatic carbocycles. The summed E-state index contributed by atoms with van der Waals surface area (Å²) in [7, 11) is 0. The molecular formula is C28H14Br4I2S2. The van der Waals surface area contributed by atoms with Gasteiger partial charge < -0.3 is 0 Å². The van der Waals surface area contributed by atoms with Gasteiger partial charge >= 0.3 is 0 Å². The minimum Gasteiger partial charge on any atom is -0.135 e. The third-order valence-electron chi connectivity index (χ3n) is 5.40. The highest BCUT2D eigenvalue weighted by molar-refractivity contribution is 14.1. The molecule has 2 aromatic heterocycles. The molecule has 0 atom stereocenters. The number of rotatable bonds is 2. The summed E-state index contributed by atoms with van der Waals surface area (Å²) in [5.41, 5.74) is 2.45. The van der Waals surface area contributed by atoms with Crippen molar-refractivity contribution in [1.82, 2.24) is 0 Å². The fraction of sp³-hybridized carbons (Fsp3) is 0. The summed E-state index contributed by atoms with van der Waals surface area (Å²) in [5.74, 6) is 0. The van der Waals surface area contributed by atoms with Gasteiger partial charge in [-0.15, -0.1) is 22.7 Å². The molecule has 0 nitrogen and oxygen atoms in total. The van der Waals surface area contributed by atoms with E-state index in [-0.39, 0.29) is 0 Å². The Morgan fingerprint density at radius 3 is 1.25 bits per heavy atom. The average molecular weight is 988 g/mol. The Hall–Kier alpha value is 0.180. The second-order valence-electron chi connectivity index (χ2n) is 7.79. The molecule has 8 heteroatoms. The fourth-order valence-corrected chi connectivity index (χ4v) is 9.69. The van der Waals surface area contributed by atoms with E-state index in [4.69, 9.17) is 0 Å². The number of hydrogen-bond acceptors (Lipinski definition) is 2. The zero-order chi connectivity index (χ0) is 25.4. The number of benzene rings is 4. The van der Waals surface area contributed by atoms with Gasteiger partial charge in [-0.3, -0.25) is 0 Å². The lowest BCUT2D eigenvalue weighted by Gasteiger charge is -2.08. The zero-order valence-corrected chi connectivity index (χ0v) is 30.5. The Morgan fingerprint density at radius 1 is 0.472 bits per heavy atom. The van der Waals surface area contributed by atoms with Crippen LogP contribution in [0.1, 0.15) is 0 Å². The molecule has 0 radical (unpaired) electrons. The monoisotopic (exact) mass is 984 g/mol. The molecule has 0 bridgehead atoms. The SMILES string of the molecule is Brc1cc(-c2cc3ccccc3s2)c(Br)cc1-c1cc2ccccc2s1.Brc1cc(I)c(Br)cc1I. The molecule has 0 aliphatic rings. The highest BCUT2D eigenvalue weighted by Gasteiger charge is 2.14. The Balaban J connectivity index is 0.000000226. The van der Waals surface area contributed by atoms with Crippen LogP contribution >= 0.6 is 132 Å². The Bertz CT molecular complexity index is 1510. The number of fused-ring (bicyclic) bond motifs is 2. The van der Waals surface area contributed by atoms with Crippen LogP contribution in [0.25, 0.3) is 41.1 Å². The van der Waals surface area contributed by atoms with E-state index in [9.17, 15) is 0 Å². The Kier molecular flexibility index (Phi) is 9.35. The van der Waals surface area contributed by atoms with Crippen molar-refractivity contribution in [3.63, 3.8) is 0 Å². The summed E-state index contributed by atoms with van der Waals surface area (Å²) in [6, 6.07) is 30.3. The van der Waals surface area contributed by atoms with E-state index in [1.54, 1.807) is 0 Å². The molecule has 6 rings (SSSR count). The van der Waals surface area contributed by atoms with Gasteiger partial charge in [0.25, 0.3) is 0 Å². The molecule has 0 unspecified atom stereocenters. The zero-order valence-electron chi connectivity index (χ0n) is 18.2. The second-order valence-corrected chi connectivity index (χ2v) is 15.7. The molecule has 180 valence electrons. The van der Waals surface area contributed by atoms with E-state index >= 15 is 0 Å². The van der Waals surface area contributed by atoms with Crippen LogP contribution in [0.2, 0.25) is 0 Å². The average Bonchev–Trinajstić information content (AvgIpc) is 3.48. The van der Waals surface area contributed by atoms with E-state index in [1.165, 1.54) is 48.2 Å². The molecule has 36 heavy (non-hydrogen) atoms. The van der Waals surface area contributed by atoms with Gasteiger partial charge in [0.05, 0.1) is 0 Å². The first kappa shape index (κ1) is 27.7. The summed E-state index contributed by atoms with van der Waals surface area (Å²) in [5, 5.41) is 2.59. The van der Waals surface area contributed by atoms with Crippen molar-refractivity contribution >= 4 is 152 Å². The Morgan fingerprint density at radius 2 is 0.861 bits per heavy atom. The van der Waals surface area contributed by atoms with Crippen LogP contribution in [0.15, 0.2) is 103 Å². The van der Waals surface area contributed by atoms with Crippen molar-refractivity contribution < 1.29 is 0 Å². The van der Waals surface area contributed by atoms with Crippen LogP contribution in [0, 0.1) is 7.14 Å². The fourth-order valence-electron chi connectivity index (χ4n) is 3.65. The lowest BCUT2D eigenvalue weighted by atomic mass is 10.1. The van der Waals surface area contributed by atoms with Crippen LogP contribution < -0.4 is 0 Å². The third-order valence-corrected chi connectivity index (χ3v) is 13.6. The first-order valence-corrected chi connectivity index (χ1v) is 17.5. The maximum absolute atomic E-state index is 3.81. The summed E-state index contributed by atoms with van der Waals surface area (Å²) >= 11 is 22.7. The lowest BCUT2D eigenvalue weighted by molar-refractivity contribution is 1.50. The topological polar surface area (TPSA) is 0 Å². The number of halogens is 6. The summed E-state index contributed by atoms with van der Waals surface area (Å²) in [6.07, 6.45) is 0. The first-order chi connectivity index (χ1) is 17.3. The molecule has 0 N–H and O–H groups in total. The predicted octanol–water partition coefficient (Wildman–Crippen LogP) is 13.4. The number of thiophene rings is 2. The molecular weight excluding hydrogens is 974 g/mol. The van der Waals surface area contributed by atoms with E-state index in [0.29, 0.717) is 0 Å². The van der Waals surface area contributed by atoms with E-state index in [1.807, 2.05) is 22.7 Å². The smallest absolute Gasteiger partial charge is 0.0367 e. The largest absolute Gasteiger partial charge is 0.135 e. The summed E-state index contributed by atoms with van der Waals surface area (Å²) in [4.78, 5) is 2.56. The maximum Gasteiger partial charge on any atom is 0.0367 e. The van der Waals surface area contributed by atoms with Crippen molar-refractivity contribution in [2.75, 3.05) is 0 Å². The minimum atomic E-state index is 1.12. The van der Waals surface area contributed by atoms with Crippen LogP contribution in [0.3, 0.4) is 0 Å². The number of hydrogen-bond donors (Lipinski definition) is 0. The quantitative estimate of drug-likeness (QED) is 0.120. The highest BCUT2D eigenvalue weighted by Crippen LogP contribution is 2.44. The standard InChI is InChI=1S/C22H12Br2S2.C6H2Br2I2/c23-17-12-16(22-10-14-6-2-4-8-20(14)26-22)18(24)11-15(17)21-9-13-5-1-3-7-19(13)25-21;7-3-1-5(9)4(8)2-6(3)10/h1-12H;1-2H. The van der Waals surface area contributed by atoms with Gasteiger partial charge in [0.2, 0.25) is 0 Å². The molecule has 0 aliphatic carbocycles. The van der Waals surface area contributed by atoms with Gasteiger partial charge in [-0.25, -0.2) is 0 Å². The van der Waals surface area contributed by atoms with Crippen LogP contribution in [-0.4, -0.2) is 0 Å². The van der Waals surface area contributed by atoms with Crippen LogP contribution in [-0.2, 0) is 0 Å². The van der Waals surface area contributed by atoms with Gasteiger partial charge in [0.1, 0.15) is 0 Å². The van der Waals surface area contributed by atoms with Crippen molar-refractivity contribution in [3.8, 4) is 20.9 Å². The van der Waals surface area contributed by atoms with E-state index in [0.717, 1.165) is 17.9 Å². The molecule has 0 saturated heterocycles. The van der Waals surface area contributed by atoms with Gasteiger partial charge in [-0.1, -0.05) is 68.3 Å².